The number of anilines is 1. The largest absolute Gasteiger partial charge is 0.355 e. The zero-order valence-electron chi connectivity index (χ0n) is 11.4. The molecular weight excluding hydrogens is 244 g/mol. The van der Waals surface area contributed by atoms with E-state index in [1.165, 1.54) is 25.7 Å². The van der Waals surface area contributed by atoms with Gasteiger partial charge in [0, 0.05) is 38.2 Å². The molecule has 1 rings (SSSR count). The number of Topliss-reactive ketones (excluding diaryl/α,β-unsaturated/α-hetero) is 1. The molecule has 0 bridgehead atoms. The molecule has 1 aromatic rings. The highest BCUT2D eigenvalue weighted by molar-refractivity contribution is 5.97. The average molecular weight is 262 g/mol. The molecule has 0 spiro atoms. The second kappa shape index (κ2) is 6.68. The smallest absolute Gasteiger partial charge is 0.223 e. The lowest BCUT2D eigenvalue weighted by molar-refractivity contribution is -0.119. The third kappa shape index (κ3) is 4.54. The molecule has 0 aliphatic rings. The van der Waals surface area contributed by atoms with Crippen molar-refractivity contribution in [2.24, 2.45) is 0 Å². The predicted octanol–water partition coefficient (Wildman–Crippen LogP) is 1.38. The van der Waals surface area contributed by atoms with Crippen molar-refractivity contribution in [3.8, 4) is 0 Å². The maximum absolute atomic E-state index is 11.6. The van der Waals surface area contributed by atoms with E-state index in [1.807, 2.05) is 0 Å². The predicted molar refractivity (Wildman–Crippen MR) is 73.2 cm³/mol. The monoisotopic (exact) mass is 262 g/mol. The number of rotatable bonds is 5. The molecule has 5 heteroatoms. The molecule has 19 heavy (non-hydrogen) atoms. The van der Waals surface area contributed by atoms with Gasteiger partial charge in [0.15, 0.2) is 5.78 Å². The summed E-state index contributed by atoms with van der Waals surface area (Å²) in [5.41, 5.74) is 1.22. The first-order valence-corrected chi connectivity index (χ1v) is 6.05. The van der Waals surface area contributed by atoms with Gasteiger partial charge in [0.1, 0.15) is 0 Å². The minimum atomic E-state index is -0.138. The Balaban J connectivity index is 2.86. The summed E-state index contributed by atoms with van der Waals surface area (Å²) in [6, 6.07) is 6.89. The molecule has 0 saturated carbocycles. The number of carbonyl (C=O) groups is 3. The number of benzene rings is 1. The summed E-state index contributed by atoms with van der Waals surface area (Å²) in [5, 5.41) is 2.64. The molecular formula is C14H18N2O3. The van der Waals surface area contributed by atoms with Crippen molar-refractivity contribution in [2.75, 3.05) is 18.0 Å². The lowest BCUT2D eigenvalue weighted by Gasteiger charge is -2.21. The summed E-state index contributed by atoms with van der Waals surface area (Å²) in [6.45, 7) is 5.10. The van der Waals surface area contributed by atoms with Crippen LogP contribution in [0.3, 0.4) is 0 Å². The highest BCUT2D eigenvalue weighted by atomic mass is 16.2. The molecule has 102 valence electrons. The van der Waals surface area contributed by atoms with Crippen LogP contribution >= 0.6 is 0 Å². The number of carbonyl (C=O) groups excluding carboxylic acids is 3. The van der Waals surface area contributed by atoms with Crippen LogP contribution in [0.15, 0.2) is 24.3 Å². The van der Waals surface area contributed by atoms with Crippen LogP contribution < -0.4 is 10.2 Å². The molecule has 0 fully saturated rings. The Bertz CT molecular complexity index is 497. The van der Waals surface area contributed by atoms with E-state index in [9.17, 15) is 14.4 Å². The Morgan fingerprint density at radius 1 is 1.16 bits per heavy atom. The Kier molecular flexibility index (Phi) is 5.23. The van der Waals surface area contributed by atoms with Crippen LogP contribution in [0.4, 0.5) is 5.69 Å². The van der Waals surface area contributed by atoms with Crippen LogP contribution in [0, 0.1) is 0 Å². The first-order chi connectivity index (χ1) is 8.91. The van der Waals surface area contributed by atoms with Crippen molar-refractivity contribution >= 4 is 23.3 Å². The Labute approximate surface area is 112 Å². The minimum Gasteiger partial charge on any atom is -0.355 e. The number of hydrogen-bond acceptors (Lipinski definition) is 3. The van der Waals surface area contributed by atoms with Crippen LogP contribution in [0.1, 0.15) is 31.1 Å². The van der Waals surface area contributed by atoms with E-state index < -0.39 is 0 Å². The molecule has 0 aromatic heterocycles. The first kappa shape index (κ1) is 14.9. The van der Waals surface area contributed by atoms with Gasteiger partial charge in [-0.05, 0) is 19.1 Å². The summed E-state index contributed by atoms with van der Waals surface area (Å²) in [4.78, 5) is 35.3. The van der Waals surface area contributed by atoms with Crippen LogP contribution in [-0.2, 0) is 9.59 Å². The number of ketones is 1. The fourth-order valence-electron chi connectivity index (χ4n) is 1.70. The summed E-state index contributed by atoms with van der Waals surface area (Å²) >= 11 is 0. The minimum absolute atomic E-state index is 0.0489. The Hall–Kier alpha value is -2.17. The van der Waals surface area contributed by atoms with Gasteiger partial charge >= 0.3 is 0 Å². The van der Waals surface area contributed by atoms with E-state index in [4.69, 9.17) is 0 Å². The lowest BCUT2D eigenvalue weighted by atomic mass is 10.1. The molecule has 0 heterocycles. The van der Waals surface area contributed by atoms with E-state index in [0.29, 0.717) is 24.3 Å². The molecule has 1 aromatic carbocycles. The Morgan fingerprint density at radius 3 is 2.37 bits per heavy atom. The highest BCUT2D eigenvalue weighted by Crippen LogP contribution is 2.16. The van der Waals surface area contributed by atoms with E-state index in [1.54, 1.807) is 24.3 Å². The summed E-state index contributed by atoms with van der Waals surface area (Å²) in [5.74, 6) is -0.320. The quantitative estimate of drug-likeness (QED) is 0.815. The van der Waals surface area contributed by atoms with Crippen LogP contribution in [0.5, 0.6) is 0 Å². The number of hydrogen-bond donors (Lipinski definition) is 1. The topological polar surface area (TPSA) is 66.5 Å². The molecule has 5 nitrogen and oxygen atoms in total. The molecule has 0 aliphatic carbocycles. The van der Waals surface area contributed by atoms with E-state index in [-0.39, 0.29) is 17.6 Å². The van der Waals surface area contributed by atoms with Crippen molar-refractivity contribution in [1.82, 2.24) is 5.32 Å². The lowest BCUT2D eigenvalue weighted by Crippen LogP contribution is -2.36. The zero-order valence-corrected chi connectivity index (χ0v) is 11.4. The van der Waals surface area contributed by atoms with Gasteiger partial charge in [0.2, 0.25) is 11.8 Å². The van der Waals surface area contributed by atoms with Crippen LogP contribution in [0.25, 0.3) is 0 Å². The highest BCUT2D eigenvalue weighted by Gasteiger charge is 2.12. The summed E-state index contributed by atoms with van der Waals surface area (Å²) in [6.07, 6.45) is 0. The van der Waals surface area contributed by atoms with Crippen molar-refractivity contribution < 1.29 is 14.4 Å². The molecule has 0 saturated heterocycles. The zero-order chi connectivity index (χ0) is 14.4. The molecule has 0 radical (unpaired) electrons. The molecule has 1 N–H and O–H groups in total. The second-order valence-corrected chi connectivity index (χ2v) is 4.26. The van der Waals surface area contributed by atoms with Crippen molar-refractivity contribution in [3.05, 3.63) is 29.8 Å². The fraction of sp³-hybridized carbons (Fsp3) is 0.357. The normalized spacial score (nSPS) is 9.84. The molecule has 2 amide bonds. The van der Waals surface area contributed by atoms with Crippen molar-refractivity contribution in [1.29, 1.82) is 0 Å². The maximum Gasteiger partial charge on any atom is 0.223 e. The first-order valence-electron chi connectivity index (χ1n) is 6.05. The second-order valence-electron chi connectivity index (χ2n) is 4.26. The van der Waals surface area contributed by atoms with Crippen LogP contribution in [-0.4, -0.2) is 30.7 Å². The van der Waals surface area contributed by atoms with E-state index in [0.717, 1.165) is 0 Å². The van der Waals surface area contributed by atoms with Crippen molar-refractivity contribution in [2.45, 2.75) is 20.8 Å². The van der Waals surface area contributed by atoms with Gasteiger partial charge in [0.25, 0.3) is 0 Å². The number of nitrogens with zero attached hydrogens (tertiary/aromatic N) is 1. The van der Waals surface area contributed by atoms with E-state index >= 15 is 0 Å². The standard InChI is InChI=1S/C14H18N2O3/c1-10(17)13-5-4-6-14(9-13)16(12(3)19)8-7-15-11(2)18/h4-6,9H,7-8H2,1-3H3,(H,15,18). The van der Waals surface area contributed by atoms with Crippen LogP contribution in [0.2, 0.25) is 0 Å². The fourth-order valence-corrected chi connectivity index (χ4v) is 1.70. The average Bonchev–Trinajstić information content (AvgIpc) is 2.34. The maximum atomic E-state index is 11.6. The van der Waals surface area contributed by atoms with Gasteiger partial charge in [0.05, 0.1) is 0 Å². The van der Waals surface area contributed by atoms with Gasteiger partial charge < -0.3 is 10.2 Å². The van der Waals surface area contributed by atoms with Gasteiger partial charge in [-0.2, -0.15) is 0 Å². The van der Waals surface area contributed by atoms with E-state index in [2.05, 4.69) is 5.32 Å². The van der Waals surface area contributed by atoms with Gasteiger partial charge in [-0.25, -0.2) is 0 Å². The summed E-state index contributed by atoms with van der Waals surface area (Å²) in [7, 11) is 0. The number of nitrogens with one attached hydrogen (secondary N) is 1. The molecule has 0 unspecified atom stereocenters. The third-order valence-electron chi connectivity index (χ3n) is 2.65. The number of amides is 2. The van der Waals surface area contributed by atoms with Crippen molar-refractivity contribution in [3.63, 3.8) is 0 Å². The van der Waals surface area contributed by atoms with Gasteiger partial charge in [-0.3, -0.25) is 14.4 Å². The Morgan fingerprint density at radius 2 is 1.84 bits per heavy atom. The van der Waals surface area contributed by atoms with Gasteiger partial charge in [-0.15, -0.1) is 0 Å². The third-order valence-corrected chi connectivity index (χ3v) is 2.65. The SMILES string of the molecule is CC(=O)NCCN(C(C)=O)c1cccc(C(C)=O)c1. The van der Waals surface area contributed by atoms with Gasteiger partial charge in [-0.1, -0.05) is 12.1 Å². The molecule has 0 atom stereocenters. The summed E-state index contributed by atoms with van der Waals surface area (Å²) < 4.78 is 0. The molecule has 0 aliphatic heterocycles.